The van der Waals surface area contributed by atoms with Crippen molar-refractivity contribution in [2.45, 2.75) is 38.5 Å². The second-order valence-corrected chi connectivity index (χ2v) is 5.63. The molecule has 1 aromatic heterocycles. The van der Waals surface area contributed by atoms with E-state index in [1.165, 1.54) is 18.4 Å². The molecule has 1 saturated carbocycles. The van der Waals surface area contributed by atoms with Gasteiger partial charge in [0.05, 0.1) is 0 Å². The summed E-state index contributed by atoms with van der Waals surface area (Å²) in [6.45, 7) is 3.80. The van der Waals surface area contributed by atoms with Crippen LogP contribution in [0.1, 0.15) is 60.2 Å². The van der Waals surface area contributed by atoms with Gasteiger partial charge in [-0.2, -0.15) is 0 Å². The zero-order valence-corrected chi connectivity index (χ0v) is 11.6. The number of carboxylic acids is 1. The standard InChI is InChI=1S/C16H17NO3/c1-9(2)15-13(16(18)19)14(17-20-15)12-5-3-4-11(8-12)10-6-7-10/h3-5,8-10H,6-7H2,1-2H3,(H,18,19). The van der Waals surface area contributed by atoms with E-state index in [1.54, 1.807) is 0 Å². The van der Waals surface area contributed by atoms with Crippen LogP contribution in [0.2, 0.25) is 0 Å². The summed E-state index contributed by atoms with van der Waals surface area (Å²) < 4.78 is 5.26. The molecule has 4 nitrogen and oxygen atoms in total. The summed E-state index contributed by atoms with van der Waals surface area (Å²) in [6, 6.07) is 7.97. The molecule has 0 saturated heterocycles. The smallest absolute Gasteiger partial charge is 0.341 e. The van der Waals surface area contributed by atoms with Gasteiger partial charge in [-0.15, -0.1) is 0 Å². The molecule has 1 fully saturated rings. The van der Waals surface area contributed by atoms with E-state index >= 15 is 0 Å². The molecule has 4 heteroatoms. The molecule has 1 aliphatic rings. The van der Waals surface area contributed by atoms with E-state index in [0.29, 0.717) is 17.4 Å². The summed E-state index contributed by atoms with van der Waals surface area (Å²) in [5.41, 5.74) is 2.70. The van der Waals surface area contributed by atoms with Crippen LogP contribution < -0.4 is 0 Å². The van der Waals surface area contributed by atoms with Crippen molar-refractivity contribution >= 4 is 5.97 Å². The first-order valence-electron chi connectivity index (χ1n) is 6.91. The molecule has 0 aliphatic heterocycles. The highest BCUT2D eigenvalue weighted by Crippen LogP contribution is 2.41. The Bertz CT molecular complexity index is 653. The highest BCUT2D eigenvalue weighted by Gasteiger charge is 2.27. The number of aromatic nitrogens is 1. The lowest BCUT2D eigenvalue weighted by Crippen LogP contribution is -2.02. The van der Waals surface area contributed by atoms with Gasteiger partial charge in [0.25, 0.3) is 0 Å². The van der Waals surface area contributed by atoms with Crippen LogP contribution in [0.15, 0.2) is 28.8 Å². The van der Waals surface area contributed by atoms with Crippen molar-refractivity contribution in [3.8, 4) is 11.3 Å². The number of nitrogens with zero attached hydrogens (tertiary/aromatic N) is 1. The zero-order valence-electron chi connectivity index (χ0n) is 11.6. The molecule has 3 rings (SSSR count). The number of benzene rings is 1. The van der Waals surface area contributed by atoms with Gasteiger partial charge in [0.1, 0.15) is 11.3 Å². The van der Waals surface area contributed by atoms with Gasteiger partial charge in [-0.05, 0) is 30.4 Å². The Morgan fingerprint density at radius 3 is 2.75 bits per heavy atom. The van der Waals surface area contributed by atoms with Crippen LogP contribution in [0.25, 0.3) is 11.3 Å². The van der Waals surface area contributed by atoms with Crippen LogP contribution >= 0.6 is 0 Å². The summed E-state index contributed by atoms with van der Waals surface area (Å²) in [6.07, 6.45) is 2.43. The van der Waals surface area contributed by atoms with Crippen LogP contribution in [0.3, 0.4) is 0 Å². The molecule has 0 amide bonds. The summed E-state index contributed by atoms with van der Waals surface area (Å²) in [4.78, 5) is 11.5. The normalized spacial score (nSPS) is 14.8. The number of carbonyl (C=O) groups is 1. The molecule has 20 heavy (non-hydrogen) atoms. The summed E-state index contributed by atoms with van der Waals surface area (Å²) in [5.74, 6) is 0.0692. The summed E-state index contributed by atoms with van der Waals surface area (Å²) in [7, 11) is 0. The first-order valence-corrected chi connectivity index (χ1v) is 6.91. The first-order chi connectivity index (χ1) is 9.58. The Morgan fingerprint density at radius 2 is 2.15 bits per heavy atom. The summed E-state index contributed by atoms with van der Waals surface area (Å²) >= 11 is 0. The lowest BCUT2D eigenvalue weighted by atomic mass is 9.99. The lowest BCUT2D eigenvalue weighted by molar-refractivity contribution is 0.0694. The van der Waals surface area contributed by atoms with E-state index in [-0.39, 0.29) is 11.5 Å². The molecule has 1 aliphatic carbocycles. The number of aromatic carboxylic acids is 1. The van der Waals surface area contributed by atoms with Crippen molar-refractivity contribution in [2.24, 2.45) is 0 Å². The van der Waals surface area contributed by atoms with Gasteiger partial charge in [-0.1, -0.05) is 37.2 Å². The quantitative estimate of drug-likeness (QED) is 0.911. The molecule has 0 spiro atoms. The van der Waals surface area contributed by atoms with E-state index < -0.39 is 5.97 Å². The second-order valence-electron chi connectivity index (χ2n) is 5.63. The van der Waals surface area contributed by atoms with Crippen molar-refractivity contribution in [1.82, 2.24) is 5.16 Å². The van der Waals surface area contributed by atoms with Crippen molar-refractivity contribution in [3.05, 3.63) is 41.2 Å². The SMILES string of the molecule is CC(C)c1onc(-c2cccc(C3CC3)c2)c1C(=O)O. The van der Waals surface area contributed by atoms with E-state index in [0.717, 1.165) is 5.56 Å². The molecule has 0 radical (unpaired) electrons. The Morgan fingerprint density at radius 1 is 1.40 bits per heavy atom. The predicted octanol–water partition coefficient (Wildman–Crippen LogP) is 4.04. The maximum atomic E-state index is 11.5. The molecular formula is C16H17NO3. The number of carboxylic acid groups (broad SMARTS) is 1. The van der Waals surface area contributed by atoms with E-state index in [4.69, 9.17) is 4.52 Å². The molecule has 0 bridgehead atoms. The number of rotatable bonds is 4. The third-order valence-electron chi connectivity index (χ3n) is 3.67. The van der Waals surface area contributed by atoms with Crippen molar-refractivity contribution in [1.29, 1.82) is 0 Å². The topological polar surface area (TPSA) is 63.3 Å². The minimum atomic E-state index is -0.984. The summed E-state index contributed by atoms with van der Waals surface area (Å²) in [5, 5.41) is 13.4. The Kier molecular flexibility index (Phi) is 3.08. The average Bonchev–Trinajstić information content (AvgIpc) is 3.16. The van der Waals surface area contributed by atoms with Crippen LogP contribution in [-0.4, -0.2) is 16.2 Å². The van der Waals surface area contributed by atoms with Gasteiger partial charge < -0.3 is 9.63 Å². The Labute approximate surface area is 117 Å². The van der Waals surface area contributed by atoms with Gasteiger partial charge in [0.15, 0.2) is 5.76 Å². The molecule has 0 unspecified atom stereocenters. The Hall–Kier alpha value is -2.10. The minimum Gasteiger partial charge on any atom is -0.477 e. The number of hydrogen-bond donors (Lipinski definition) is 1. The molecule has 104 valence electrons. The lowest BCUT2D eigenvalue weighted by Gasteiger charge is -2.04. The maximum Gasteiger partial charge on any atom is 0.341 e. The van der Waals surface area contributed by atoms with Gasteiger partial charge >= 0.3 is 5.97 Å². The van der Waals surface area contributed by atoms with Gasteiger partial charge in [-0.25, -0.2) is 4.79 Å². The molecule has 1 N–H and O–H groups in total. The van der Waals surface area contributed by atoms with Crippen LogP contribution in [-0.2, 0) is 0 Å². The molecule has 0 atom stereocenters. The monoisotopic (exact) mass is 271 g/mol. The Balaban J connectivity index is 2.09. The molecule has 2 aromatic rings. The molecule has 1 aromatic carbocycles. The number of hydrogen-bond acceptors (Lipinski definition) is 3. The fraction of sp³-hybridized carbons (Fsp3) is 0.375. The van der Waals surface area contributed by atoms with Gasteiger partial charge in [0.2, 0.25) is 0 Å². The fourth-order valence-corrected chi connectivity index (χ4v) is 2.46. The largest absolute Gasteiger partial charge is 0.477 e. The highest BCUT2D eigenvalue weighted by molar-refractivity contribution is 5.96. The van der Waals surface area contributed by atoms with E-state index in [9.17, 15) is 9.90 Å². The average molecular weight is 271 g/mol. The van der Waals surface area contributed by atoms with Gasteiger partial charge in [-0.3, -0.25) is 0 Å². The maximum absolute atomic E-state index is 11.5. The predicted molar refractivity (Wildman–Crippen MR) is 75.0 cm³/mol. The van der Waals surface area contributed by atoms with Crippen LogP contribution in [0.5, 0.6) is 0 Å². The molecular weight excluding hydrogens is 254 g/mol. The fourth-order valence-electron chi connectivity index (χ4n) is 2.46. The van der Waals surface area contributed by atoms with Crippen molar-refractivity contribution in [3.63, 3.8) is 0 Å². The zero-order chi connectivity index (χ0) is 14.3. The third kappa shape index (κ3) is 2.22. The van der Waals surface area contributed by atoms with Crippen LogP contribution in [0.4, 0.5) is 0 Å². The second kappa shape index (κ2) is 4.78. The van der Waals surface area contributed by atoms with Crippen LogP contribution in [0, 0.1) is 0 Å². The van der Waals surface area contributed by atoms with E-state index in [1.807, 2.05) is 32.0 Å². The van der Waals surface area contributed by atoms with Crippen molar-refractivity contribution in [2.75, 3.05) is 0 Å². The first kappa shape index (κ1) is 12.9. The highest BCUT2D eigenvalue weighted by atomic mass is 16.5. The van der Waals surface area contributed by atoms with E-state index in [2.05, 4.69) is 11.2 Å². The van der Waals surface area contributed by atoms with Gasteiger partial charge in [0, 0.05) is 11.5 Å². The third-order valence-corrected chi connectivity index (χ3v) is 3.67. The molecule has 1 heterocycles. The minimum absolute atomic E-state index is 0.00559. The van der Waals surface area contributed by atoms with Crippen molar-refractivity contribution < 1.29 is 14.4 Å².